The summed E-state index contributed by atoms with van der Waals surface area (Å²) in [4.78, 5) is 24.9. The Labute approximate surface area is 163 Å². The van der Waals surface area contributed by atoms with Crippen LogP contribution in [0.1, 0.15) is 17.3 Å². The van der Waals surface area contributed by atoms with Gasteiger partial charge in [-0.25, -0.2) is 4.79 Å². The number of nitrogens with one attached hydrogen (secondary N) is 1. The number of esters is 1. The summed E-state index contributed by atoms with van der Waals surface area (Å²) in [5.74, 6) is 0.199. The van der Waals surface area contributed by atoms with Crippen LogP contribution >= 0.6 is 0 Å². The Balaban J connectivity index is 2.14. The van der Waals surface area contributed by atoms with Gasteiger partial charge in [-0.2, -0.15) is 0 Å². The van der Waals surface area contributed by atoms with Gasteiger partial charge in [0.15, 0.2) is 17.6 Å². The Kier molecular flexibility index (Phi) is 7.08. The molecule has 0 aliphatic rings. The van der Waals surface area contributed by atoms with Gasteiger partial charge in [-0.3, -0.25) is 4.79 Å². The third-order valence-electron chi connectivity index (χ3n) is 3.91. The van der Waals surface area contributed by atoms with E-state index in [0.717, 1.165) is 0 Å². The van der Waals surface area contributed by atoms with Crippen LogP contribution in [0.4, 0.5) is 5.69 Å². The summed E-state index contributed by atoms with van der Waals surface area (Å²) in [5, 5.41) is 2.67. The first-order valence-electron chi connectivity index (χ1n) is 8.40. The zero-order valence-electron chi connectivity index (χ0n) is 16.4. The van der Waals surface area contributed by atoms with Gasteiger partial charge in [-0.15, -0.1) is 0 Å². The van der Waals surface area contributed by atoms with Crippen molar-refractivity contribution in [1.82, 2.24) is 0 Å². The van der Waals surface area contributed by atoms with Crippen molar-refractivity contribution in [2.45, 2.75) is 13.0 Å². The molecule has 0 bridgehead atoms. The van der Waals surface area contributed by atoms with Crippen LogP contribution in [0, 0.1) is 0 Å². The first-order valence-corrected chi connectivity index (χ1v) is 8.40. The maximum Gasteiger partial charge on any atom is 0.342 e. The highest BCUT2D eigenvalue weighted by Crippen LogP contribution is 2.40. The summed E-state index contributed by atoms with van der Waals surface area (Å²) in [7, 11) is 5.83. The number of hydrogen-bond acceptors (Lipinski definition) is 7. The van der Waals surface area contributed by atoms with Crippen LogP contribution in [0.15, 0.2) is 36.4 Å². The molecule has 2 aromatic carbocycles. The Hall–Kier alpha value is -3.42. The second-order valence-electron chi connectivity index (χ2n) is 5.65. The SMILES string of the molecule is COc1cccc(NC(=O)[C@@H](C)OC(=O)c2ccc(OC)c(OC)c2OC)c1. The van der Waals surface area contributed by atoms with Crippen LogP contribution in [-0.2, 0) is 9.53 Å². The van der Waals surface area contributed by atoms with Crippen molar-refractivity contribution >= 4 is 17.6 Å². The lowest BCUT2D eigenvalue weighted by Gasteiger charge is -2.17. The van der Waals surface area contributed by atoms with Crippen LogP contribution in [0.2, 0.25) is 0 Å². The molecule has 0 aliphatic carbocycles. The zero-order chi connectivity index (χ0) is 20.7. The van der Waals surface area contributed by atoms with Gasteiger partial charge in [0.05, 0.1) is 28.4 Å². The fraction of sp³-hybridized carbons (Fsp3) is 0.300. The largest absolute Gasteiger partial charge is 0.497 e. The number of ether oxygens (including phenoxy) is 5. The molecular weight excluding hydrogens is 366 g/mol. The van der Waals surface area contributed by atoms with E-state index < -0.39 is 18.0 Å². The number of methoxy groups -OCH3 is 4. The molecule has 1 atom stereocenters. The third-order valence-corrected chi connectivity index (χ3v) is 3.91. The number of amides is 1. The van der Waals surface area contributed by atoms with E-state index in [0.29, 0.717) is 17.2 Å². The average Bonchev–Trinajstić information content (AvgIpc) is 2.72. The second kappa shape index (κ2) is 9.50. The highest BCUT2D eigenvalue weighted by Gasteiger charge is 2.25. The van der Waals surface area contributed by atoms with Crippen molar-refractivity contribution < 1.29 is 33.3 Å². The van der Waals surface area contributed by atoms with Crippen molar-refractivity contribution in [3.05, 3.63) is 42.0 Å². The molecule has 0 aliphatic heterocycles. The molecule has 1 N–H and O–H groups in total. The maximum absolute atomic E-state index is 12.6. The summed E-state index contributed by atoms with van der Waals surface area (Å²) >= 11 is 0. The molecule has 0 radical (unpaired) electrons. The molecule has 0 saturated carbocycles. The minimum atomic E-state index is -1.04. The molecule has 0 unspecified atom stereocenters. The molecular formula is C20H23NO7. The van der Waals surface area contributed by atoms with Gasteiger partial charge >= 0.3 is 5.97 Å². The smallest absolute Gasteiger partial charge is 0.342 e. The molecule has 0 heterocycles. The van der Waals surface area contributed by atoms with Gasteiger partial charge in [0.1, 0.15) is 11.3 Å². The molecule has 0 aromatic heterocycles. The highest BCUT2D eigenvalue weighted by atomic mass is 16.6. The zero-order valence-corrected chi connectivity index (χ0v) is 16.4. The predicted octanol–water partition coefficient (Wildman–Crippen LogP) is 2.91. The van der Waals surface area contributed by atoms with Crippen LogP contribution < -0.4 is 24.3 Å². The molecule has 2 rings (SSSR count). The normalized spacial score (nSPS) is 11.2. The van der Waals surface area contributed by atoms with Gasteiger partial charge in [-0.1, -0.05) is 6.07 Å². The van der Waals surface area contributed by atoms with Crippen LogP contribution in [0.5, 0.6) is 23.0 Å². The van der Waals surface area contributed by atoms with Crippen molar-refractivity contribution in [2.24, 2.45) is 0 Å². The van der Waals surface area contributed by atoms with E-state index in [4.69, 9.17) is 23.7 Å². The number of rotatable bonds is 8. The summed E-state index contributed by atoms with van der Waals surface area (Å²) in [6.07, 6.45) is -1.04. The predicted molar refractivity (Wildman–Crippen MR) is 103 cm³/mol. The molecule has 0 spiro atoms. The third kappa shape index (κ3) is 4.64. The number of anilines is 1. The lowest BCUT2D eigenvalue weighted by atomic mass is 10.1. The molecule has 8 nitrogen and oxygen atoms in total. The quantitative estimate of drug-likeness (QED) is 0.694. The van der Waals surface area contributed by atoms with E-state index in [9.17, 15) is 9.59 Å². The number of benzene rings is 2. The number of carbonyl (C=O) groups excluding carboxylic acids is 2. The van der Waals surface area contributed by atoms with E-state index in [1.165, 1.54) is 41.4 Å². The van der Waals surface area contributed by atoms with E-state index in [1.54, 1.807) is 30.3 Å². The fourth-order valence-electron chi connectivity index (χ4n) is 2.48. The standard InChI is InChI=1S/C20H23NO7/c1-12(19(22)21-13-7-6-8-14(11-13)24-2)28-20(23)15-9-10-16(25-3)18(27-5)17(15)26-4/h6-12H,1-5H3,(H,21,22)/t12-/m1/s1. The monoisotopic (exact) mass is 389 g/mol. The minimum Gasteiger partial charge on any atom is -0.497 e. The topological polar surface area (TPSA) is 92.3 Å². The van der Waals surface area contributed by atoms with Gasteiger partial charge in [0, 0.05) is 11.8 Å². The molecule has 150 valence electrons. The van der Waals surface area contributed by atoms with Crippen LogP contribution in [0.25, 0.3) is 0 Å². The molecule has 0 fully saturated rings. The average molecular weight is 389 g/mol. The van der Waals surface area contributed by atoms with Crippen molar-refractivity contribution in [3.63, 3.8) is 0 Å². The lowest BCUT2D eigenvalue weighted by molar-refractivity contribution is -0.123. The molecule has 0 saturated heterocycles. The van der Waals surface area contributed by atoms with Gasteiger partial charge < -0.3 is 29.0 Å². The molecule has 28 heavy (non-hydrogen) atoms. The first kappa shape index (κ1) is 20.9. The Bertz CT molecular complexity index is 850. The highest BCUT2D eigenvalue weighted by molar-refractivity contribution is 5.99. The molecule has 8 heteroatoms. The van der Waals surface area contributed by atoms with Crippen LogP contribution in [0.3, 0.4) is 0 Å². The summed E-state index contributed by atoms with van der Waals surface area (Å²) in [6, 6.07) is 9.88. The number of hydrogen-bond donors (Lipinski definition) is 1. The van der Waals surface area contributed by atoms with Crippen molar-refractivity contribution in [3.8, 4) is 23.0 Å². The summed E-state index contributed by atoms with van der Waals surface area (Å²) < 4.78 is 26.1. The summed E-state index contributed by atoms with van der Waals surface area (Å²) in [5.41, 5.74) is 0.636. The number of carbonyl (C=O) groups is 2. The maximum atomic E-state index is 12.6. The fourth-order valence-corrected chi connectivity index (χ4v) is 2.48. The minimum absolute atomic E-state index is 0.112. The lowest BCUT2D eigenvalue weighted by Crippen LogP contribution is -2.30. The van der Waals surface area contributed by atoms with E-state index in [-0.39, 0.29) is 17.1 Å². The van der Waals surface area contributed by atoms with Gasteiger partial charge in [-0.05, 0) is 31.2 Å². The molecule has 2 aromatic rings. The Morgan fingerprint density at radius 2 is 1.61 bits per heavy atom. The van der Waals surface area contributed by atoms with E-state index in [2.05, 4.69) is 5.32 Å². The van der Waals surface area contributed by atoms with E-state index >= 15 is 0 Å². The van der Waals surface area contributed by atoms with E-state index in [1.807, 2.05) is 0 Å². The van der Waals surface area contributed by atoms with Crippen molar-refractivity contribution in [1.29, 1.82) is 0 Å². The Morgan fingerprint density at radius 1 is 0.893 bits per heavy atom. The van der Waals surface area contributed by atoms with Crippen LogP contribution in [-0.4, -0.2) is 46.4 Å². The van der Waals surface area contributed by atoms with Gasteiger partial charge in [0.25, 0.3) is 5.91 Å². The second-order valence-corrected chi connectivity index (χ2v) is 5.65. The van der Waals surface area contributed by atoms with Crippen molar-refractivity contribution in [2.75, 3.05) is 33.8 Å². The molecule has 1 amide bonds. The van der Waals surface area contributed by atoms with Gasteiger partial charge in [0.2, 0.25) is 5.75 Å². The summed E-state index contributed by atoms with van der Waals surface area (Å²) in [6.45, 7) is 1.47. The first-order chi connectivity index (χ1) is 13.4. The Morgan fingerprint density at radius 3 is 2.21 bits per heavy atom.